The molecule has 0 radical (unpaired) electrons. The molecule has 1 heterocycles. The highest BCUT2D eigenvalue weighted by Gasteiger charge is 2.21. The van der Waals surface area contributed by atoms with Crippen LogP contribution >= 0.6 is 0 Å². The zero-order chi connectivity index (χ0) is 10.2. The number of amides is 1. The van der Waals surface area contributed by atoms with Crippen LogP contribution in [0, 0.1) is 0 Å². The van der Waals surface area contributed by atoms with Gasteiger partial charge in [0.2, 0.25) is 5.91 Å². The SMILES string of the molecule is C=CC(=O)NCCCCOCC1CO1. The molecule has 0 aliphatic carbocycles. The van der Waals surface area contributed by atoms with E-state index in [0.29, 0.717) is 19.3 Å². The summed E-state index contributed by atoms with van der Waals surface area (Å²) in [5.41, 5.74) is 0. The Balaban J connectivity index is 1.74. The third-order valence-electron chi connectivity index (χ3n) is 1.91. The minimum atomic E-state index is -0.114. The molecular formula is C10H17NO3. The normalized spacial score (nSPS) is 19.0. The molecule has 4 nitrogen and oxygen atoms in total. The number of unbranched alkanes of at least 4 members (excludes halogenated alkanes) is 1. The molecule has 1 saturated heterocycles. The molecule has 0 aromatic rings. The Bertz CT molecular complexity index is 190. The predicted molar refractivity (Wildman–Crippen MR) is 53.0 cm³/mol. The van der Waals surface area contributed by atoms with Gasteiger partial charge in [-0.25, -0.2) is 0 Å². The van der Waals surface area contributed by atoms with Gasteiger partial charge in [0.25, 0.3) is 0 Å². The van der Waals surface area contributed by atoms with E-state index in [1.807, 2.05) is 0 Å². The highest BCUT2D eigenvalue weighted by molar-refractivity contribution is 5.86. The van der Waals surface area contributed by atoms with Crippen molar-refractivity contribution >= 4 is 5.91 Å². The van der Waals surface area contributed by atoms with Gasteiger partial charge in [-0.1, -0.05) is 6.58 Å². The van der Waals surface area contributed by atoms with Crippen LogP contribution in [0.1, 0.15) is 12.8 Å². The standard InChI is InChI=1S/C10H17NO3/c1-2-10(12)11-5-3-4-6-13-7-9-8-14-9/h2,9H,1,3-8H2,(H,11,12). The van der Waals surface area contributed by atoms with Gasteiger partial charge in [-0.05, 0) is 18.9 Å². The second kappa shape index (κ2) is 6.56. The molecule has 4 heteroatoms. The van der Waals surface area contributed by atoms with Gasteiger partial charge in [-0.3, -0.25) is 4.79 Å². The molecule has 1 fully saturated rings. The van der Waals surface area contributed by atoms with Crippen molar-refractivity contribution in [3.8, 4) is 0 Å². The Morgan fingerprint density at radius 1 is 1.64 bits per heavy atom. The lowest BCUT2D eigenvalue weighted by Crippen LogP contribution is -2.22. The van der Waals surface area contributed by atoms with Crippen molar-refractivity contribution in [1.29, 1.82) is 0 Å². The zero-order valence-corrected chi connectivity index (χ0v) is 8.33. The highest BCUT2D eigenvalue weighted by atomic mass is 16.6. The molecule has 1 N–H and O–H groups in total. The number of hydrogen-bond acceptors (Lipinski definition) is 3. The molecule has 0 bridgehead atoms. The molecule has 0 saturated carbocycles. The molecular weight excluding hydrogens is 182 g/mol. The fraction of sp³-hybridized carbons (Fsp3) is 0.700. The molecule has 0 aromatic heterocycles. The van der Waals surface area contributed by atoms with Crippen LogP contribution in [0.15, 0.2) is 12.7 Å². The number of epoxide rings is 1. The fourth-order valence-electron chi connectivity index (χ4n) is 0.992. The summed E-state index contributed by atoms with van der Waals surface area (Å²) in [6.45, 7) is 6.34. The van der Waals surface area contributed by atoms with Crippen molar-refractivity contribution in [2.45, 2.75) is 18.9 Å². The van der Waals surface area contributed by atoms with Gasteiger partial charge in [-0.2, -0.15) is 0 Å². The molecule has 80 valence electrons. The summed E-state index contributed by atoms with van der Waals surface area (Å²) in [5, 5.41) is 2.71. The molecule has 1 atom stereocenters. The second-order valence-corrected chi connectivity index (χ2v) is 3.23. The lowest BCUT2D eigenvalue weighted by atomic mass is 10.3. The number of hydrogen-bond donors (Lipinski definition) is 1. The summed E-state index contributed by atoms with van der Waals surface area (Å²) in [7, 11) is 0. The molecule has 14 heavy (non-hydrogen) atoms. The third-order valence-corrected chi connectivity index (χ3v) is 1.91. The average Bonchev–Trinajstić information content (AvgIpc) is 2.99. The van der Waals surface area contributed by atoms with Crippen LogP contribution in [-0.4, -0.2) is 38.4 Å². The minimum absolute atomic E-state index is 0.114. The summed E-state index contributed by atoms with van der Waals surface area (Å²) in [6, 6.07) is 0. The first-order chi connectivity index (χ1) is 6.83. The molecule has 0 spiro atoms. The Morgan fingerprint density at radius 2 is 2.43 bits per heavy atom. The van der Waals surface area contributed by atoms with E-state index in [1.54, 1.807) is 0 Å². The van der Waals surface area contributed by atoms with E-state index in [4.69, 9.17) is 9.47 Å². The molecule has 1 aliphatic heterocycles. The third kappa shape index (κ3) is 5.72. The largest absolute Gasteiger partial charge is 0.379 e. The predicted octanol–water partition coefficient (Wildman–Crippen LogP) is 0.484. The zero-order valence-electron chi connectivity index (χ0n) is 8.33. The van der Waals surface area contributed by atoms with E-state index in [9.17, 15) is 4.79 Å². The van der Waals surface area contributed by atoms with Gasteiger partial charge in [-0.15, -0.1) is 0 Å². The average molecular weight is 199 g/mol. The Labute approximate surface area is 84.3 Å². The topological polar surface area (TPSA) is 50.9 Å². The maximum absolute atomic E-state index is 10.7. The molecule has 1 aliphatic rings. The maximum Gasteiger partial charge on any atom is 0.243 e. The Hall–Kier alpha value is -0.870. The first-order valence-corrected chi connectivity index (χ1v) is 4.92. The van der Waals surface area contributed by atoms with Crippen LogP contribution in [0.2, 0.25) is 0 Å². The Kier molecular flexibility index (Phi) is 5.25. The molecule has 1 rings (SSSR count). The van der Waals surface area contributed by atoms with Gasteiger partial charge >= 0.3 is 0 Å². The van der Waals surface area contributed by atoms with Crippen molar-refractivity contribution in [1.82, 2.24) is 5.32 Å². The van der Waals surface area contributed by atoms with Crippen molar-refractivity contribution in [2.75, 3.05) is 26.4 Å². The maximum atomic E-state index is 10.7. The smallest absolute Gasteiger partial charge is 0.243 e. The first-order valence-electron chi connectivity index (χ1n) is 4.92. The van der Waals surface area contributed by atoms with Gasteiger partial charge in [0.1, 0.15) is 6.10 Å². The summed E-state index contributed by atoms with van der Waals surface area (Å²) < 4.78 is 10.3. The lowest BCUT2D eigenvalue weighted by molar-refractivity contribution is -0.116. The van der Waals surface area contributed by atoms with Crippen LogP contribution in [0.5, 0.6) is 0 Å². The van der Waals surface area contributed by atoms with Crippen molar-refractivity contribution in [2.24, 2.45) is 0 Å². The quantitative estimate of drug-likeness (QED) is 0.351. The van der Waals surface area contributed by atoms with Crippen LogP contribution < -0.4 is 5.32 Å². The number of ether oxygens (including phenoxy) is 2. The number of rotatable bonds is 8. The van der Waals surface area contributed by atoms with Crippen LogP contribution in [0.3, 0.4) is 0 Å². The summed E-state index contributed by atoms with van der Waals surface area (Å²) in [4.78, 5) is 10.7. The van der Waals surface area contributed by atoms with Gasteiger partial charge in [0.15, 0.2) is 0 Å². The van der Waals surface area contributed by atoms with Crippen molar-refractivity contribution < 1.29 is 14.3 Å². The van der Waals surface area contributed by atoms with E-state index in [1.165, 1.54) is 6.08 Å². The highest BCUT2D eigenvalue weighted by Crippen LogP contribution is 2.08. The van der Waals surface area contributed by atoms with Crippen LogP contribution in [0.4, 0.5) is 0 Å². The summed E-state index contributed by atoms with van der Waals surface area (Å²) >= 11 is 0. The van der Waals surface area contributed by atoms with Crippen LogP contribution in [0.25, 0.3) is 0 Å². The lowest BCUT2D eigenvalue weighted by Gasteiger charge is -2.02. The number of carbonyl (C=O) groups is 1. The minimum Gasteiger partial charge on any atom is -0.379 e. The van der Waals surface area contributed by atoms with E-state index < -0.39 is 0 Å². The van der Waals surface area contributed by atoms with E-state index in [0.717, 1.165) is 26.1 Å². The van der Waals surface area contributed by atoms with Crippen molar-refractivity contribution in [3.05, 3.63) is 12.7 Å². The summed E-state index contributed by atoms with van der Waals surface area (Å²) in [6.07, 6.45) is 3.52. The van der Waals surface area contributed by atoms with E-state index >= 15 is 0 Å². The molecule has 1 amide bonds. The van der Waals surface area contributed by atoms with Gasteiger partial charge in [0, 0.05) is 13.2 Å². The Morgan fingerprint density at radius 3 is 3.07 bits per heavy atom. The summed E-state index contributed by atoms with van der Waals surface area (Å²) in [5.74, 6) is -0.114. The first kappa shape index (κ1) is 11.2. The monoisotopic (exact) mass is 199 g/mol. The molecule has 0 aromatic carbocycles. The number of nitrogens with one attached hydrogen (secondary N) is 1. The van der Waals surface area contributed by atoms with Gasteiger partial charge in [0.05, 0.1) is 13.2 Å². The fourth-order valence-corrected chi connectivity index (χ4v) is 0.992. The van der Waals surface area contributed by atoms with E-state index in [-0.39, 0.29) is 5.91 Å². The number of carbonyl (C=O) groups excluding carboxylic acids is 1. The molecule has 1 unspecified atom stereocenters. The van der Waals surface area contributed by atoms with Crippen LogP contribution in [-0.2, 0) is 14.3 Å². The van der Waals surface area contributed by atoms with Crippen molar-refractivity contribution in [3.63, 3.8) is 0 Å². The van der Waals surface area contributed by atoms with E-state index in [2.05, 4.69) is 11.9 Å². The second-order valence-electron chi connectivity index (χ2n) is 3.23. The van der Waals surface area contributed by atoms with Gasteiger partial charge < -0.3 is 14.8 Å².